The van der Waals surface area contributed by atoms with Crippen molar-refractivity contribution < 1.29 is 9.18 Å². The molecule has 0 unspecified atom stereocenters. The number of H-pyrrole nitrogens is 1. The van der Waals surface area contributed by atoms with E-state index in [1.54, 1.807) is 6.92 Å². The predicted octanol–water partition coefficient (Wildman–Crippen LogP) is 1.42. The molecular weight excluding hydrogens is 197 g/mol. The molecule has 4 nitrogen and oxygen atoms in total. The van der Waals surface area contributed by atoms with Crippen LogP contribution in [0, 0.1) is 6.92 Å². The average molecular weight is 209 g/mol. The van der Waals surface area contributed by atoms with Gasteiger partial charge in [0.25, 0.3) is 5.91 Å². The summed E-state index contributed by atoms with van der Waals surface area (Å²) in [5.74, 6) is 0.246. The first-order chi connectivity index (χ1) is 7.16. The predicted molar refractivity (Wildman–Crippen MR) is 53.0 cm³/mol. The fourth-order valence-electron chi connectivity index (χ4n) is 1.58. The number of aromatic amines is 1. The summed E-state index contributed by atoms with van der Waals surface area (Å²) < 4.78 is 13.0. The Balaban J connectivity index is 2.12. The van der Waals surface area contributed by atoms with Crippen molar-refractivity contribution in [3.8, 4) is 0 Å². The van der Waals surface area contributed by atoms with E-state index in [2.05, 4.69) is 9.97 Å². The molecule has 1 aromatic heterocycles. The molecule has 0 aliphatic carbocycles. The first-order valence-corrected chi connectivity index (χ1v) is 4.82. The average Bonchev–Trinajstić information content (AvgIpc) is 2.64. The summed E-state index contributed by atoms with van der Waals surface area (Å²) in [7, 11) is 0. The number of nitrogens with zero attached hydrogens (tertiary/aromatic N) is 2. The maximum absolute atomic E-state index is 13.0. The number of nitrogens with one attached hydrogen (secondary N) is 1. The zero-order valence-corrected chi connectivity index (χ0v) is 8.46. The van der Waals surface area contributed by atoms with Crippen LogP contribution in [-0.4, -0.2) is 33.9 Å². The summed E-state index contributed by atoms with van der Waals surface area (Å²) in [4.78, 5) is 20.1. The van der Waals surface area contributed by atoms with Gasteiger partial charge in [-0.25, -0.2) is 9.37 Å². The molecule has 0 saturated heterocycles. The topological polar surface area (TPSA) is 49.0 Å². The minimum Gasteiger partial charge on any atom is -0.338 e. The van der Waals surface area contributed by atoms with Gasteiger partial charge in [0.05, 0.1) is 12.7 Å². The molecule has 0 spiro atoms. The van der Waals surface area contributed by atoms with Crippen molar-refractivity contribution in [1.82, 2.24) is 14.9 Å². The molecule has 2 heterocycles. The highest BCUT2D eigenvalue weighted by Gasteiger charge is 2.20. The maximum Gasteiger partial charge on any atom is 0.272 e. The van der Waals surface area contributed by atoms with E-state index in [9.17, 15) is 9.18 Å². The van der Waals surface area contributed by atoms with Crippen molar-refractivity contribution >= 4 is 5.91 Å². The lowest BCUT2D eigenvalue weighted by molar-refractivity contribution is 0.0750. The molecule has 0 fully saturated rings. The van der Waals surface area contributed by atoms with E-state index in [0.717, 1.165) is 0 Å². The van der Waals surface area contributed by atoms with Gasteiger partial charge >= 0.3 is 0 Å². The highest BCUT2D eigenvalue weighted by Crippen LogP contribution is 2.13. The fourth-order valence-corrected chi connectivity index (χ4v) is 1.58. The van der Waals surface area contributed by atoms with Crippen molar-refractivity contribution in [1.29, 1.82) is 0 Å². The van der Waals surface area contributed by atoms with E-state index < -0.39 is 0 Å². The Hall–Kier alpha value is -1.65. The number of hydrogen-bond donors (Lipinski definition) is 1. The van der Waals surface area contributed by atoms with Gasteiger partial charge in [-0.3, -0.25) is 4.79 Å². The number of aryl methyl sites for hydroxylation is 1. The largest absolute Gasteiger partial charge is 0.338 e. The second kappa shape index (κ2) is 3.84. The third-order valence-electron chi connectivity index (χ3n) is 2.33. The number of carbonyl (C=O) groups is 1. The van der Waals surface area contributed by atoms with Gasteiger partial charge in [0.2, 0.25) is 0 Å². The van der Waals surface area contributed by atoms with Crippen LogP contribution in [0.2, 0.25) is 0 Å². The van der Waals surface area contributed by atoms with Crippen molar-refractivity contribution in [2.75, 3.05) is 13.1 Å². The van der Waals surface area contributed by atoms with Gasteiger partial charge in [0, 0.05) is 6.54 Å². The van der Waals surface area contributed by atoms with Crippen LogP contribution in [-0.2, 0) is 0 Å². The van der Waals surface area contributed by atoms with Crippen LogP contribution in [0.25, 0.3) is 0 Å². The van der Waals surface area contributed by atoms with Crippen LogP contribution in [0.3, 0.4) is 0 Å². The van der Waals surface area contributed by atoms with Crippen LogP contribution in [0.1, 0.15) is 22.7 Å². The number of halogens is 1. The van der Waals surface area contributed by atoms with Crippen molar-refractivity contribution in [3.05, 3.63) is 29.6 Å². The molecule has 1 amide bonds. The van der Waals surface area contributed by atoms with Gasteiger partial charge in [0.15, 0.2) is 0 Å². The second-order valence-electron chi connectivity index (χ2n) is 3.55. The van der Waals surface area contributed by atoms with E-state index in [1.165, 1.54) is 17.2 Å². The first-order valence-electron chi connectivity index (χ1n) is 4.82. The Morgan fingerprint density at radius 2 is 2.47 bits per heavy atom. The van der Waals surface area contributed by atoms with Crippen molar-refractivity contribution in [3.63, 3.8) is 0 Å². The van der Waals surface area contributed by atoms with E-state index in [4.69, 9.17) is 0 Å². The number of imidazole rings is 1. The van der Waals surface area contributed by atoms with Gasteiger partial charge in [0.1, 0.15) is 17.3 Å². The maximum atomic E-state index is 13.0. The summed E-state index contributed by atoms with van der Waals surface area (Å²) >= 11 is 0. The number of amides is 1. The molecule has 1 aliphatic heterocycles. The van der Waals surface area contributed by atoms with Gasteiger partial charge in [-0.05, 0) is 19.4 Å². The quantitative estimate of drug-likeness (QED) is 0.760. The minimum absolute atomic E-state index is 0.0664. The molecule has 0 bridgehead atoms. The highest BCUT2D eigenvalue weighted by atomic mass is 19.1. The number of rotatable bonds is 1. The number of carbonyl (C=O) groups excluding carboxylic acids is 1. The molecular formula is C10H12FN3O. The van der Waals surface area contributed by atoms with E-state index in [-0.39, 0.29) is 18.3 Å². The molecule has 0 aromatic carbocycles. The van der Waals surface area contributed by atoms with Crippen molar-refractivity contribution in [2.45, 2.75) is 13.3 Å². The molecule has 15 heavy (non-hydrogen) atoms. The van der Waals surface area contributed by atoms with Gasteiger partial charge in [-0.15, -0.1) is 0 Å². The van der Waals surface area contributed by atoms with Crippen LogP contribution in [0.5, 0.6) is 0 Å². The Labute approximate surface area is 86.8 Å². The standard InChI is InChI=1S/C10H12FN3O/c1-7-12-5-9(13-7)10(15)14-4-2-3-8(11)6-14/h3,5H,2,4,6H2,1H3,(H,12,13). The van der Waals surface area contributed by atoms with Crippen LogP contribution in [0.4, 0.5) is 4.39 Å². The zero-order chi connectivity index (χ0) is 10.8. The second-order valence-corrected chi connectivity index (χ2v) is 3.55. The third-order valence-corrected chi connectivity index (χ3v) is 2.33. The molecule has 1 aromatic rings. The fraction of sp³-hybridized carbons (Fsp3) is 0.400. The van der Waals surface area contributed by atoms with E-state index in [0.29, 0.717) is 24.5 Å². The lowest BCUT2D eigenvalue weighted by Crippen LogP contribution is -2.35. The molecule has 0 saturated carbocycles. The third kappa shape index (κ3) is 2.06. The monoisotopic (exact) mass is 209 g/mol. The molecule has 5 heteroatoms. The Kier molecular flexibility index (Phi) is 2.53. The number of aromatic nitrogens is 2. The normalized spacial score (nSPS) is 16.4. The van der Waals surface area contributed by atoms with Crippen molar-refractivity contribution in [2.24, 2.45) is 0 Å². The molecule has 0 atom stereocenters. The van der Waals surface area contributed by atoms with Gasteiger partial charge < -0.3 is 9.88 Å². The Morgan fingerprint density at radius 1 is 1.67 bits per heavy atom. The lowest BCUT2D eigenvalue weighted by Gasteiger charge is -2.23. The Morgan fingerprint density at radius 3 is 3.07 bits per heavy atom. The summed E-state index contributed by atoms with van der Waals surface area (Å²) in [5, 5.41) is 0. The zero-order valence-electron chi connectivity index (χ0n) is 8.46. The molecule has 80 valence electrons. The summed E-state index contributed by atoms with van der Waals surface area (Å²) in [6, 6.07) is 0. The summed E-state index contributed by atoms with van der Waals surface area (Å²) in [6.07, 6.45) is 3.57. The van der Waals surface area contributed by atoms with Crippen LogP contribution < -0.4 is 0 Å². The number of hydrogen-bond acceptors (Lipinski definition) is 2. The van der Waals surface area contributed by atoms with Gasteiger partial charge in [-0.2, -0.15) is 0 Å². The molecule has 1 aliphatic rings. The summed E-state index contributed by atoms with van der Waals surface area (Å²) in [6.45, 7) is 2.40. The van der Waals surface area contributed by atoms with Crippen LogP contribution >= 0.6 is 0 Å². The lowest BCUT2D eigenvalue weighted by atomic mass is 10.2. The van der Waals surface area contributed by atoms with E-state index >= 15 is 0 Å². The molecule has 1 N–H and O–H groups in total. The molecule has 0 radical (unpaired) electrons. The van der Waals surface area contributed by atoms with E-state index in [1.807, 2.05) is 0 Å². The van der Waals surface area contributed by atoms with Gasteiger partial charge in [-0.1, -0.05) is 0 Å². The first kappa shape index (κ1) is 9.89. The Bertz CT molecular complexity index is 411. The summed E-state index contributed by atoms with van der Waals surface area (Å²) in [5.41, 5.74) is 0.419. The van der Waals surface area contributed by atoms with Crippen LogP contribution in [0.15, 0.2) is 18.1 Å². The SMILES string of the molecule is Cc1ncc(C(=O)N2CCC=C(F)C2)[nH]1. The smallest absolute Gasteiger partial charge is 0.272 e. The minimum atomic E-state index is -0.245. The highest BCUT2D eigenvalue weighted by molar-refractivity contribution is 5.92. The molecule has 2 rings (SSSR count).